The summed E-state index contributed by atoms with van der Waals surface area (Å²) >= 11 is 5.84. The van der Waals surface area contributed by atoms with Crippen LogP contribution in [0.3, 0.4) is 0 Å². The molecule has 62 valence electrons. The minimum absolute atomic E-state index is 0.527. The molecule has 0 amide bonds. The van der Waals surface area contributed by atoms with Crippen molar-refractivity contribution >= 4 is 28.3 Å². The summed E-state index contributed by atoms with van der Waals surface area (Å²) in [5, 5.41) is 8.36. The lowest BCUT2D eigenvalue weighted by molar-refractivity contribution is 1.13. The number of aromatic nitrogens is 2. The van der Waals surface area contributed by atoms with Crippen LogP contribution in [0.25, 0.3) is 10.9 Å². The lowest BCUT2D eigenvalue weighted by atomic mass is 10.1. The van der Waals surface area contributed by atoms with Gasteiger partial charge in [0.1, 0.15) is 0 Å². The Labute approximate surface area is 74.5 Å². The van der Waals surface area contributed by atoms with E-state index in [0.717, 1.165) is 16.5 Å². The molecule has 0 aliphatic heterocycles. The first kappa shape index (κ1) is 7.43. The van der Waals surface area contributed by atoms with E-state index in [-0.39, 0.29) is 0 Å². The monoisotopic (exact) mass is 181 g/mol. The molecule has 12 heavy (non-hydrogen) atoms. The van der Waals surface area contributed by atoms with Gasteiger partial charge in [-0.15, -0.1) is 0 Å². The highest BCUT2D eigenvalue weighted by molar-refractivity contribution is 6.31. The van der Waals surface area contributed by atoms with E-state index in [1.807, 2.05) is 19.1 Å². The molecule has 2 aromatic rings. The first-order chi connectivity index (χ1) is 5.68. The van der Waals surface area contributed by atoms with Crippen molar-refractivity contribution in [2.75, 3.05) is 5.73 Å². The predicted octanol–water partition coefficient (Wildman–Crippen LogP) is 2.11. The summed E-state index contributed by atoms with van der Waals surface area (Å²) in [7, 11) is 0. The number of hydrogen-bond acceptors (Lipinski definition) is 2. The van der Waals surface area contributed by atoms with Crippen LogP contribution >= 0.6 is 11.6 Å². The number of aryl methyl sites for hydroxylation is 1. The normalized spacial score (nSPS) is 10.8. The summed E-state index contributed by atoms with van der Waals surface area (Å²) in [6, 6.07) is 3.68. The Balaban J connectivity index is 2.93. The van der Waals surface area contributed by atoms with Crippen molar-refractivity contribution in [2.45, 2.75) is 6.92 Å². The Morgan fingerprint density at radius 1 is 1.50 bits per heavy atom. The van der Waals surface area contributed by atoms with Gasteiger partial charge in [0.05, 0.1) is 5.52 Å². The number of nitrogen functional groups attached to an aromatic ring is 1. The molecule has 0 unspecified atom stereocenters. The van der Waals surface area contributed by atoms with Crippen LogP contribution in [-0.4, -0.2) is 10.2 Å². The first-order valence-corrected chi connectivity index (χ1v) is 3.96. The zero-order valence-electron chi connectivity index (χ0n) is 6.56. The highest BCUT2D eigenvalue weighted by Gasteiger charge is 2.05. The summed E-state index contributed by atoms with van der Waals surface area (Å²) in [5.74, 6) is 0.527. The number of halogens is 1. The largest absolute Gasteiger partial charge is 0.382 e. The molecule has 0 saturated heterocycles. The number of nitrogens with one attached hydrogen (secondary N) is 1. The van der Waals surface area contributed by atoms with Crippen molar-refractivity contribution < 1.29 is 0 Å². The number of nitrogens with two attached hydrogens (primary N) is 1. The van der Waals surface area contributed by atoms with Crippen LogP contribution < -0.4 is 5.73 Å². The number of anilines is 1. The highest BCUT2D eigenvalue weighted by Crippen LogP contribution is 2.25. The van der Waals surface area contributed by atoms with Crippen LogP contribution in [0.1, 0.15) is 5.56 Å². The Morgan fingerprint density at radius 2 is 2.25 bits per heavy atom. The van der Waals surface area contributed by atoms with Gasteiger partial charge < -0.3 is 5.73 Å². The standard InChI is InChI=1S/C8H8ClN3/c1-4-2-5(9)3-6-7(4)8(10)12-11-6/h2-3H,1H3,(H3,10,11,12). The van der Waals surface area contributed by atoms with Gasteiger partial charge in [-0.1, -0.05) is 11.6 Å². The molecule has 1 aromatic carbocycles. The van der Waals surface area contributed by atoms with E-state index in [1.54, 1.807) is 0 Å². The number of aromatic amines is 1. The molecule has 0 aliphatic carbocycles. The van der Waals surface area contributed by atoms with E-state index in [0.29, 0.717) is 10.8 Å². The van der Waals surface area contributed by atoms with Gasteiger partial charge in [0.15, 0.2) is 5.82 Å². The Bertz CT molecular complexity index is 433. The van der Waals surface area contributed by atoms with Crippen molar-refractivity contribution in [3.05, 3.63) is 22.7 Å². The summed E-state index contributed by atoms with van der Waals surface area (Å²) in [4.78, 5) is 0. The third-order valence-corrected chi connectivity index (χ3v) is 2.07. The fourth-order valence-corrected chi connectivity index (χ4v) is 1.62. The van der Waals surface area contributed by atoms with Crippen molar-refractivity contribution in [1.82, 2.24) is 10.2 Å². The highest BCUT2D eigenvalue weighted by atomic mass is 35.5. The smallest absolute Gasteiger partial charge is 0.153 e. The van der Waals surface area contributed by atoms with E-state index in [2.05, 4.69) is 10.2 Å². The van der Waals surface area contributed by atoms with Gasteiger partial charge in [-0.2, -0.15) is 5.10 Å². The molecule has 3 nitrogen and oxygen atoms in total. The number of hydrogen-bond donors (Lipinski definition) is 2. The van der Waals surface area contributed by atoms with E-state index < -0.39 is 0 Å². The maximum atomic E-state index is 5.84. The molecule has 1 heterocycles. The average molecular weight is 182 g/mol. The van der Waals surface area contributed by atoms with Gasteiger partial charge in [0, 0.05) is 10.4 Å². The second-order valence-electron chi connectivity index (χ2n) is 2.75. The molecule has 1 aromatic heterocycles. The first-order valence-electron chi connectivity index (χ1n) is 3.58. The summed E-state index contributed by atoms with van der Waals surface area (Å²) in [6.45, 7) is 1.96. The molecular weight excluding hydrogens is 174 g/mol. The molecule has 3 N–H and O–H groups in total. The molecule has 0 aliphatic rings. The van der Waals surface area contributed by atoms with Gasteiger partial charge in [-0.05, 0) is 24.6 Å². The fourth-order valence-electron chi connectivity index (χ4n) is 1.35. The molecule has 0 fully saturated rings. The zero-order valence-corrected chi connectivity index (χ0v) is 7.31. The van der Waals surface area contributed by atoms with Crippen molar-refractivity contribution in [3.63, 3.8) is 0 Å². The van der Waals surface area contributed by atoms with E-state index in [1.165, 1.54) is 0 Å². The molecule has 0 spiro atoms. The topological polar surface area (TPSA) is 54.7 Å². The molecule has 0 atom stereocenters. The third-order valence-electron chi connectivity index (χ3n) is 1.85. The maximum Gasteiger partial charge on any atom is 0.153 e. The molecule has 2 rings (SSSR count). The molecule has 0 saturated carbocycles. The molecule has 0 bridgehead atoms. The third kappa shape index (κ3) is 0.940. The van der Waals surface area contributed by atoms with Crippen LogP contribution in [0.15, 0.2) is 12.1 Å². The van der Waals surface area contributed by atoms with Gasteiger partial charge in [-0.25, -0.2) is 0 Å². The summed E-state index contributed by atoms with van der Waals surface area (Å²) < 4.78 is 0. The van der Waals surface area contributed by atoms with Crippen LogP contribution in [0.5, 0.6) is 0 Å². The van der Waals surface area contributed by atoms with E-state index in [4.69, 9.17) is 17.3 Å². The number of nitrogens with zero attached hydrogens (tertiary/aromatic N) is 1. The lowest BCUT2D eigenvalue weighted by Gasteiger charge is -1.96. The average Bonchev–Trinajstić information content (AvgIpc) is 2.31. The minimum Gasteiger partial charge on any atom is -0.382 e. The zero-order chi connectivity index (χ0) is 8.72. The van der Waals surface area contributed by atoms with Crippen LogP contribution in [-0.2, 0) is 0 Å². The quantitative estimate of drug-likeness (QED) is 0.654. The van der Waals surface area contributed by atoms with Gasteiger partial charge >= 0.3 is 0 Å². The van der Waals surface area contributed by atoms with Crippen molar-refractivity contribution in [1.29, 1.82) is 0 Å². The summed E-state index contributed by atoms with van der Waals surface area (Å²) in [5.41, 5.74) is 7.57. The Hall–Kier alpha value is -1.22. The van der Waals surface area contributed by atoms with Gasteiger partial charge in [0.2, 0.25) is 0 Å². The second-order valence-corrected chi connectivity index (χ2v) is 3.19. The van der Waals surface area contributed by atoms with Gasteiger partial charge in [-0.3, -0.25) is 5.10 Å². The van der Waals surface area contributed by atoms with E-state index >= 15 is 0 Å². The number of H-pyrrole nitrogens is 1. The van der Waals surface area contributed by atoms with Crippen molar-refractivity contribution in [3.8, 4) is 0 Å². The van der Waals surface area contributed by atoms with Crippen LogP contribution in [0, 0.1) is 6.92 Å². The predicted molar refractivity (Wildman–Crippen MR) is 50.3 cm³/mol. The Morgan fingerprint density at radius 3 is 3.00 bits per heavy atom. The fraction of sp³-hybridized carbons (Fsp3) is 0.125. The van der Waals surface area contributed by atoms with Crippen molar-refractivity contribution in [2.24, 2.45) is 0 Å². The SMILES string of the molecule is Cc1cc(Cl)cc2[nH]nc(N)c12. The Kier molecular flexibility index (Phi) is 1.48. The second kappa shape index (κ2) is 2.38. The minimum atomic E-state index is 0.527. The van der Waals surface area contributed by atoms with Crippen LogP contribution in [0.2, 0.25) is 5.02 Å². The number of rotatable bonds is 0. The van der Waals surface area contributed by atoms with Crippen LogP contribution in [0.4, 0.5) is 5.82 Å². The lowest BCUT2D eigenvalue weighted by Crippen LogP contribution is -1.85. The molecule has 4 heteroatoms. The number of benzene rings is 1. The number of fused-ring (bicyclic) bond motifs is 1. The molecule has 0 radical (unpaired) electrons. The maximum absolute atomic E-state index is 5.84. The van der Waals surface area contributed by atoms with Gasteiger partial charge in [0.25, 0.3) is 0 Å². The van der Waals surface area contributed by atoms with E-state index in [9.17, 15) is 0 Å². The molecular formula is C8H8ClN3. The summed E-state index contributed by atoms with van der Waals surface area (Å²) in [6.07, 6.45) is 0.